The number of ether oxygens (including phenoxy) is 1. The van der Waals surface area contributed by atoms with Crippen LogP contribution in [-0.4, -0.2) is 22.1 Å². The number of aryl methyl sites for hydroxylation is 1. The number of esters is 1. The molecule has 0 amide bonds. The molecule has 0 bridgehead atoms. The average molecular weight is 469 g/mol. The van der Waals surface area contributed by atoms with Gasteiger partial charge >= 0.3 is 5.97 Å². The van der Waals surface area contributed by atoms with E-state index in [1.165, 1.54) is 35.2 Å². The molecular formula is C24H21FN2O3S2. The molecule has 5 nitrogen and oxygen atoms in total. The number of nitrogens with zero attached hydrogens (tertiary/aromatic N) is 2. The van der Waals surface area contributed by atoms with E-state index in [1.807, 2.05) is 36.4 Å². The number of aromatic nitrogens is 2. The van der Waals surface area contributed by atoms with Crippen molar-refractivity contribution in [3.8, 4) is 0 Å². The molecule has 4 rings (SSSR count). The van der Waals surface area contributed by atoms with E-state index in [1.54, 1.807) is 24.5 Å². The Hall–Kier alpha value is -2.97. The summed E-state index contributed by atoms with van der Waals surface area (Å²) < 4.78 is 20.4. The van der Waals surface area contributed by atoms with Gasteiger partial charge in [0.15, 0.2) is 5.16 Å². The number of hydrogen-bond acceptors (Lipinski definition) is 6. The predicted molar refractivity (Wildman–Crippen MR) is 126 cm³/mol. The summed E-state index contributed by atoms with van der Waals surface area (Å²) in [6.07, 6.45) is 0. The molecule has 0 radical (unpaired) electrons. The summed E-state index contributed by atoms with van der Waals surface area (Å²) in [6, 6.07) is 16.0. The van der Waals surface area contributed by atoms with Gasteiger partial charge in [-0.15, -0.1) is 11.3 Å². The number of benzene rings is 2. The number of thiophene rings is 1. The molecule has 0 saturated carbocycles. The molecule has 2 aromatic heterocycles. The van der Waals surface area contributed by atoms with Crippen molar-refractivity contribution < 1.29 is 13.9 Å². The van der Waals surface area contributed by atoms with Crippen molar-refractivity contribution in [2.75, 3.05) is 6.61 Å². The van der Waals surface area contributed by atoms with Crippen LogP contribution in [0.3, 0.4) is 0 Å². The van der Waals surface area contributed by atoms with Crippen molar-refractivity contribution in [2.45, 2.75) is 31.3 Å². The van der Waals surface area contributed by atoms with Crippen molar-refractivity contribution in [3.05, 3.63) is 92.3 Å². The minimum atomic E-state index is -0.448. The molecule has 0 N–H and O–H groups in total. The van der Waals surface area contributed by atoms with Gasteiger partial charge in [-0.25, -0.2) is 14.2 Å². The second-order valence-corrected chi connectivity index (χ2v) is 9.09. The highest BCUT2D eigenvalue weighted by Gasteiger charge is 2.22. The maximum atomic E-state index is 13.6. The molecule has 0 spiro atoms. The van der Waals surface area contributed by atoms with E-state index in [9.17, 15) is 14.0 Å². The van der Waals surface area contributed by atoms with Gasteiger partial charge in [-0.2, -0.15) is 0 Å². The summed E-state index contributed by atoms with van der Waals surface area (Å²) >= 11 is 2.53. The Morgan fingerprint density at radius 2 is 1.91 bits per heavy atom. The van der Waals surface area contributed by atoms with Crippen LogP contribution in [-0.2, 0) is 17.0 Å². The summed E-state index contributed by atoms with van der Waals surface area (Å²) in [6.45, 7) is 4.10. The zero-order valence-electron chi connectivity index (χ0n) is 17.6. The van der Waals surface area contributed by atoms with Crippen LogP contribution < -0.4 is 5.56 Å². The lowest BCUT2D eigenvalue weighted by Crippen LogP contribution is -2.24. The average Bonchev–Trinajstić information content (AvgIpc) is 3.12. The van der Waals surface area contributed by atoms with Gasteiger partial charge in [-0.05, 0) is 42.7 Å². The monoisotopic (exact) mass is 468 g/mol. The van der Waals surface area contributed by atoms with Crippen molar-refractivity contribution in [1.29, 1.82) is 0 Å². The second kappa shape index (κ2) is 9.67. The zero-order chi connectivity index (χ0) is 22.7. The fourth-order valence-electron chi connectivity index (χ4n) is 3.38. The van der Waals surface area contributed by atoms with Crippen LogP contribution in [0.4, 0.5) is 4.39 Å². The predicted octanol–water partition coefficient (Wildman–Crippen LogP) is 5.42. The molecule has 164 valence electrons. The van der Waals surface area contributed by atoms with Gasteiger partial charge in [0.2, 0.25) is 0 Å². The Morgan fingerprint density at radius 1 is 1.16 bits per heavy atom. The largest absolute Gasteiger partial charge is 0.462 e. The second-order valence-electron chi connectivity index (χ2n) is 7.15. The van der Waals surface area contributed by atoms with Gasteiger partial charge in [0.1, 0.15) is 15.5 Å². The molecule has 8 heteroatoms. The summed E-state index contributed by atoms with van der Waals surface area (Å²) in [4.78, 5) is 31.5. The quantitative estimate of drug-likeness (QED) is 0.206. The van der Waals surface area contributed by atoms with Crippen molar-refractivity contribution in [2.24, 2.45) is 0 Å². The van der Waals surface area contributed by atoms with E-state index in [2.05, 4.69) is 0 Å². The molecule has 2 aromatic carbocycles. The van der Waals surface area contributed by atoms with Crippen LogP contribution in [0.5, 0.6) is 0 Å². The first-order valence-electron chi connectivity index (χ1n) is 10.1. The highest BCUT2D eigenvalue weighted by molar-refractivity contribution is 7.98. The van der Waals surface area contributed by atoms with Crippen LogP contribution in [0.1, 0.15) is 33.3 Å². The summed E-state index contributed by atoms with van der Waals surface area (Å²) in [5.41, 5.74) is 2.14. The molecule has 0 fully saturated rings. The molecule has 0 atom stereocenters. The van der Waals surface area contributed by atoms with E-state index in [0.29, 0.717) is 38.1 Å². The minimum Gasteiger partial charge on any atom is -0.462 e. The van der Waals surface area contributed by atoms with Crippen LogP contribution in [0.15, 0.2) is 64.5 Å². The number of hydrogen-bond donors (Lipinski definition) is 0. The lowest BCUT2D eigenvalue weighted by atomic mass is 10.2. The van der Waals surface area contributed by atoms with E-state index in [4.69, 9.17) is 9.72 Å². The van der Waals surface area contributed by atoms with Gasteiger partial charge in [-0.1, -0.05) is 54.2 Å². The molecule has 0 aliphatic heterocycles. The first-order chi connectivity index (χ1) is 15.5. The number of thioether (sulfide) groups is 1. The molecule has 32 heavy (non-hydrogen) atoms. The molecular weight excluding hydrogens is 447 g/mol. The number of fused-ring (bicyclic) bond motifs is 1. The molecule has 0 saturated heterocycles. The first-order valence-corrected chi connectivity index (χ1v) is 11.9. The van der Waals surface area contributed by atoms with Crippen LogP contribution in [0, 0.1) is 12.7 Å². The van der Waals surface area contributed by atoms with Crippen LogP contribution in [0.2, 0.25) is 0 Å². The van der Waals surface area contributed by atoms with Crippen molar-refractivity contribution in [1.82, 2.24) is 9.55 Å². The number of carbonyl (C=O) groups excluding carboxylic acids is 1. The minimum absolute atomic E-state index is 0.204. The third-order valence-electron chi connectivity index (χ3n) is 4.92. The summed E-state index contributed by atoms with van der Waals surface area (Å²) in [5.74, 6) is -0.295. The Kier molecular flexibility index (Phi) is 6.72. The van der Waals surface area contributed by atoms with Gasteiger partial charge in [-0.3, -0.25) is 9.36 Å². The highest BCUT2D eigenvalue weighted by Crippen LogP contribution is 2.31. The highest BCUT2D eigenvalue weighted by atomic mass is 32.2. The smallest absolute Gasteiger partial charge is 0.348 e. The zero-order valence-corrected chi connectivity index (χ0v) is 19.3. The maximum absolute atomic E-state index is 13.6. The Morgan fingerprint density at radius 3 is 2.62 bits per heavy atom. The van der Waals surface area contributed by atoms with Crippen LogP contribution >= 0.6 is 23.1 Å². The Bertz CT molecular complexity index is 1330. The van der Waals surface area contributed by atoms with Gasteiger partial charge < -0.3 is 4.74 Å². The normalized spacial score (nSPS) is 11.1. The van der Waals surface area contributed by atoms with Crippen LogP contribution in [0.25, 0.3) is 10.2 Å². The topological polar surface area (TPSA) is 61.2 Å². The SMILES string of the molecule is CCOC(=O)c1sc2nc(SCc3cccc(F)c3)n(Cc3ccccc3)c(=O)c2c1C. The molecule has 0 aliphatic rings. The molecule has 4 aromatic rings. The number of carbonyl (C=O) groups is 1. The summed E-state index contributed by atoms with van der Waals surface area (Å²) in [5, 5.41) is 0.955. The van der Waals surface area contributed by atoms with E-state index >= 15 is 0 Å². The maximum Gasteiger partial charge on any atom is 0.348 e. The van der Waals surface area contributed by atoms with E-state index < -0.39 is 5.97 Å². The Balaban J connectivity index is 1.80. The third kappa shape index (κ3) is 4.61. The molecule has 0 unspecified atom stereocenters. The number of rotatable bonds is 7. The summed E-state index contributed by atoms with van der Waals surface area (Å²) in [7, 11) is 0. The van der Waals surface area contributed by atoms with Gasteiger partial charge in [0, 0.05) is 5.75 Å². The fraction of sp³-hybridized carbons (Fsp3) is 0.208. The lowest BCUT2D eigenvalue weighted by Gasteiger charge is -2.12. The van der Waals surface area contributed by atoms with Crippen molar-refractivity contribution >= 4 is 39.3 Å². The van der Waals surface area contributed by atoms with Gasteiger partial charge in [0.25, 0.3) is 5.56 Å². The Labute approximate surface area is 192 Å². The first kappa shape index (κ1) is 22.2. The lowest BCUT2D eigenvalue weighted by molar-refractivity contribution is 0.0531. The number of halogens is 1. The van der Waals surface area contributed by atoms with Gasteiger partial charge in [0.05, 0.1) is 18.5 Å². The molecule has 2 heterocycles. The molecule has 0 aliphatic carbocycles. The third-order valence-corrected chi connectivity index (χ3v) is 7.13. The van der Waals surface area contributed by atoms with Crippen molar-refractivity contribution in [3.63, 3.8) is 0 Å². The fourth-order valence-corrected chi connectivity index (χ4v) is 5.44. The standard InChI is InChI=1S/C24H21FN2O3S2/c1-3-30-23(29)20-15(2)19-21(32-20)26-24(31-14-17-10-7-11-18(25)12-17)27(22(19)28)13-16-8-5-4-6-9-16/h4-12H,3,13-14H2,1-2H3. The van der Waals surface area contributed by atoms with E-state index in [0.717, 1.165) is 11.1 Å². The van der Waals surface area contributed by atoms with E-state index in [-0.39, 0.29) is 18.0 Å².